The van der Waals surface area contributed by atoms with Gasteiger partial charge in [-0.2, -0.15) is 4.98 Å². The number of hydrogen-bond donors (Lipinski definition) is 1. The zero-order valence-corrected chi connectivity index (χ0v) is 18.6. The van der Waals surface area contributed by atoms with E-state index in [2.05, 4.69) is 25.3 Å². The van der Waals surface area contributed by atoms with E-state index >= 15 is 0 Å². The lowest BCUT2D eigenvalue weighted by atomic mass is 9.96. The van der Waals surface area contributed by atoms with Crippen molar-refractivity contribution in [3.63, 3.8) is 0 Å². The van der Waals surface area contributed by atoms with Crippen molar-refractivity contribution in [2.75, 3.05) is 13.1 Å². The molecule has 0 spiro atoms. The molecule has 5 rings (SSSR count). The Hall–Kier alpha value is -3.85. The second-order valence-electron chi connectivity index (χ2n) is 8.39. The van der Waals surface area contributed by atoms with Crippen LogP contribution in [0.3, 0.4) is 0 Å². The van der Waals surface area contributed by atoms with Crippen LogP contribution in [-0.4, -0.2) is 43.6 Å². The summed E-state index contributed by atoms with van der Waals surface area (Å²) in [7, 11) is 0. The summed E-state index contributed by atoms with van der Waals surface area (Å²) in [6.45, 7) is 2.55. The molecule has 0 aliphatic carbocycles. The van der Waals surface area contributed by atoms with Crippen LogP contribution in [0.4, 0.5) is 4.39 Å². The van der Waals surface area contributed by atoms with E-state index < -0.39 is 0 Å². The Kier molecular flexibility index (Phi) is 6.44. The van der Waals surface area contributed by atoms with Crippen LogP contribution in [0.5, 0.6) is 0 Å². The maximum absolute atomic E-state index is 13.1. The van der Waals surface area contributed by atoms with E-state index in [0.29, 0.717) is 30.4 Å². The van der Waals surface area contributed by atoms with Crippen molar-refractivity contribution >= 4 is 5.91 Å². The highest BCUT2D eigenvalue weighted by Gasteiger charge is 2.26. The molecular weight excluding hydrogens is 435 g/mol. The third kappa shape index (κ3) is 5.04. The first-order valence-electron chi connectivity index (χ1n) is 11.3. The first-order valence-corrected chi connectivity index (χ1v) is 11.3. The molecule has 34 heavy (non-hydrogen) atoms. The van der Waals surface area contributed by atoms with Crippen molar-refractivity contribution in [2.24, 2.45) is 5.92 Å². The zero-order chi connectivity index (χ0) is 23.3. The van der Waals surface area contributed by atoms with E-state index in [1.807, 2.05) is 35.0 Å². The minimum absolute atomic E-state index is 0.0193. The molecule has 8 nitrogen and oxygen atoms in total. The SMILES string of the molecule is O=C(NCc1ccccc1-n1ccnc1)C1CCN(Cc2nc(-c3ccc(F)cc3)no2)CC1. The highest BCUT2D eigenvalue weighted by molar-refractivity contribution is 5.78. The van der Waals surface area contributed by atoms with Gasteiger partial charge >= 0.3 is 0 Å². The number of para-hydroxylation sites is 1. The molecule has 2 aromatic heterocycles. The van der Waals surface area contributed by atoms with Crippen LogP contribution in [0.15, 0.2) is 71.8 Å². The molecule has 1 fully saturated rings. The van der Waals surface area contributed by atoms with E-state index in [1.54, 1.807) is 24.7 Å². The zero-order valence-electron chi connectivity index (χ0n) is 18.6. The largest absolute Gasteiger partial charge is 0.352 e. The van der Waals surface area contributed by atoms with Crippen LogP contribution in [0.1, 0.15) is 24.3 Å². The number of benzene rings is 2. The van der Waals surface area contributed by atoms with Crippen molar-refractivity contribution in [1.82, 2.24) is 29.9 Å². The number of rotatable bonds is 7. The van der Waals surface area contributed by atoms with Gasteiger partial charge < -0.3 is 14.4 Å². The number of nitrogens with one attached hydrogen (secondary N) is 1. The summed E-state index contributed by atoms with van der Waals surface area (Å²) in [4.78, 5) is 23.5. The van der Waals surface area contributed by atoms with E-state index in [0.717, 1.165) is 37.2 Å². The second kappa shape index (κ2) is 9.96. The van der Waals surface area contributed by atoms with Gasteiger partial charge in [0.05, 0.1) is 18.6 Å². The Balaban J connectivity index is 1.11. The number of hydrogen-bond acceptors (Lipinski definition) is 6. The lowest BCUT2D eigenvalue weighted by Crippen LogP contribution is -2.40. The predicted octanol–water partition coefficient (Wildman–Crippen LogP) is 3.59. The number of carbonyl (C=O) groups excluding carboxylic acids is 1. The Morgan fingerprint density at radius 1 is 1.12 bits per heavy atom. The quantitative estimate of drug-likeness (QED) is 0.453. The lowest BCUT2D eigenvalue weighted by molar-refractivity contribution is -0.126. The summed E-state index contributed by atoms with van der Waals surface area (Å²) in [6.07, 6.45) is 6.92. The van der Waals surface area contributed by atoms with Gasteiger partial charge in [-0.3, -0.25) is 9.69 Å². The second-order valence-corrected chi connectivity index (χ2v) is 8.39. The van der Waals surface area contributed by atoms with E-state index in [4.69, 9.17) is 4.52 Å². The normalized spacial score (nSPS) is 14.9. The number of aromatic nitrogens is 4. The summed E-state index contributed by atoms with van der Waals surface area (Å²) < 4.78 is 20.4. The topological polar surface area (TPSA) is 89.1 Å². The Bertz CT molecular complexity index is 1230. The number of piperidine rings is 1. The predicted molar refractivity (Wildman–Crippen MR) is 123 cm³/mol. The number of amides is 1. The van der Waals surface area contributed by atoms with Gasteiger partial charge in [-0.15, -0.1) is 0 Å². The molecular formula is C25H25FN6O2. The summed E-state index contributed by atoms with van der Waals surface area (Å²) in [5.74, 6) is 0.714. The van der Waals surface area contributed by atoms with Gasteiger partial charge in [0.25, 0.3) is 0 Å². The standard InChI is InChI=1S/C25H25FN6O2/c26-21-7-5-18(6-8-21)24-29-23(34-30-24)16-31-12-9-19(10-13-31)25(33)28-15-20-3-1-2-4-22(20)32-14-11-27-17-32/h1-8,11,14,17,19H,9-10,12-13,15-16H2,(H,28,33). The van der Waals surface area contributed by atoms with Crippen LogP contribution in [-0.2, 0) is 17.9 Å². The Morgan fingerprint density at radius 2 is 1.91 bits per heavy atom. The van der Waals surface area contributed by atoms with Gasteiger partial charge in [0.15, 0.2) is 0 Å². The highest BCUT2D eigenvalue weighted by atomic mass is 19.1. The first-order chi connectivity index (χ1) is 16.7. The molecule has 1 amide bonds. The third-order valence-corrected chi connectivity index (χ3v) is 6.12. The van der Waals surface area contributed by atoms with Crippen LogP contribution < -0.4 is 5.32 Å². The van der Waals surface area contributed by atoms with Gasteiger partial charge in [0.2, 0.25) is 17.6 Å². The third-order valence-electron chi connectivity index (χ3n) is 6.12. The minimum atomic E-state index is -0.304. The van der Waals surface area contributed by atoms with Crippen LogP contribution in [0.25, 0.3) is 17.1 Å². The average Bonchev–Trinajstić information content (AvgIpc) is 3.56. The summed E-state index contributed by atoms with van der Waals surface area (Å²) >= 11 is 0. The number of halogens is 1. The number of carbonyl (C=O) groups is 1. The van der Waals surface area contributed by atoms with Gasteiger partial charge in [0, 0.05) is 30.4 Å². The Labute approximate surface area is 196 Å². The summed E-state index contributed by atoms with van der Waals surface area (Å²) in [5.41, 5.74) is 2.76. The lowest BCUT2D eigenvalue weighted by Gasteiger charge is -2.30. The molecule has 9 heteroatoms. The fourth-order valence-corrected chi connectivity index (χ4v) is 4.22. The fraction of sp³-hybridized carbons (Fsp3) is 0.280. The molecule has 174 valence electrons. The molecule has 0 saturated carbocycles. The molecule has 0 radical (unpaired) electrons. The van der Waals surface area contributed by atoms with E-state index in [1.165, 1.54) is 12.1 Å². The molecule has 1 aliphatic rings. The van der Waals surface area contributed by atoms with Gasteiger partial charge in [-0.25, -0.2) is 9.37 Å². The van der Waals surface area contributed by atoms with Gasteiger partial charge in [0.1, 0.15) is 5.82 Å². The monoisotopic (exact) mass is 460 g/mol. The molecule has 0 bridgehead atoms. The van der Waals surface area contributed by atoms with Crippen molar-refractivity contribution in [1.29, 1.82) is 0 Å². The van der Waals surface area contributed by atoms with Crippen molar-refractivity contribution in [2.45, 2.75) is 25.9 Å². The van der Waals surface area contributed by atoms with E-state index in [-0.39, 0.29) is 17.6 Å². The van der Waals surface area contributed by atoms with Crippen LogP contribution >= 0.6 is 0 Å². The molecule has 1 saturated heterocycles. The number of imidazole rings is 1. The van der Waals surface area contributed by atoms with Crippen molar-refractivity contribution < 1.29 is 13.7 Å². The highest BCUT2D eigenvalue weighted by Crippen LogP contribution is 2.21. The fourth-order valence-electron chi connectivity index (χ4n) is 4.22. The molecule has 1 aliphatic heterocycles. The molecule has 0 unspecified atom stereocenters. The smallest absolute Gasteiger partial charge is 0.241 e. The van der Waals surface area contributed by atoms with Gasteiger partial charge in [-0.1, -0.05) is 23.4 Å². The van der Waals surface area contributed by atoms with Crippen molar-refractivity contribution in [3.05, 3.63) is 84.5 Å². The van der Waals surface area contributed by atoms with Crippen molar-refractivity contribution in [3.8, 4) is 17.1 Å². The first kappa shape index (κ1) is 22.0. The van der Waals surface area contributed by atoms with Crippen LogP contribution in [0.2, 0.25) is 0 Å². The maximum atomic E-state index is 13.1. The molecule has 2 aromatic carbocycles. The molecule has 0 atom stereocenters. The van der Waals surface area contributed by atoms with Crippen LogP contribution in [0, 0.1) is 11.7 Å². The molecule has 1 N–H and O–H groups in total. The minimum Gasteiger partial charge on any atom is -0.352 e. The van der Waals surface area contributed by atoms with E-state index in [9.17, 15) is 9.18 Å². The Morgan fingerprint density at radius 3 is 2.68 bits per heavy atom. The summed E-state index contributed by atoms with van der Waals surface area (Å²) in [6, 6.07) is 14.0. The van der Waals surface area contributed by atoms with Gasteiger partial charge in [-0.05, 0) is 61.8 Å². The number of nitrogens with zero attached hydrogens (tertiary/aromatic N) is 5. The molecule has 3 heterocycles. The number of likely N-dealkylation sites (tertiary alicyclic amines) is 1. The molecule has 4 aromatic rings. The maximum Gasteiger partial charge on any atom is 0.241 e. The average molecular weight is 461 g/mol. The summed E-state index contributed by atoms with van der Waals surface area (Å²) in [5, 5.41) is 7.10.